The number of hydrogen-bond acceptors (Lipinski definition) is 1. The highest BCUT2D eigenvalue weighted by molar-refractivity contribution is 5.16. The fourth-order valence-electron chi connectivity index (χ4n) is 0.789. The minimum atomic E-state index is -0.214. The van der Waals surface area contributed by atoms with Gasteiger partial charge in [0.25, 0.3) is 0 Å². The number of hydrogen-bond donors (Lipinski definition) is 0. The molecule has 1 aromatic rings. The van der Waals surface area contributed by atoms with Crippen molar-refractivity contribution >= 4 is 0 Å². The van der Waals surface area contributed by atoms with Crippen LogP contribution in [0.4, 0.5) is 4.39 Å². The molecule has 59 valence electrons. The molecule has 1 rings (SSSR count). The maximum atomic E-state index is 12.8. The van der Waals surface area contributed by atoms with E-state index < -0.39 is 0 Å². The van der Waals surface area contributed by atoms with Crippen molar-refractivity contribution in [3.63, 3.8) is 0 Å². The lowest BCUT2D eigenvalue weighted by molar-refractivity contribution is 0.187. The van der Waals surface area contributed by atoms with Gasteiger partial charge in [-0.3, -0.25) is 0 Å². The van der Waals surface area contributed by atoms with E-state index in [1.54, 1.807) is 31.7 Å². The Bertz CT molecular complexity index is 223. The van der Waals surface area contributed by atoms with Crippen LogP contribution in [-0.2, 0) is 11.3 Å². The molecular formula is C9H10FO. The molecule has 0 fully saturated rings. The fraction of sp³-hybridized carbons (Fsp3) is 0.222. The Morgan fingerprint density at radius 3 is 2.82 bits per heavy atom. The summed E-state index contributed by atoms with van der Waals surface area (Å²) in [5, 5.41) is 0. The number of rotatable bonds is 3. The normalized spacial score (nSPS) is 10.0. The maximum Gasteiger partial charge on any atom is 0.128 e. The van der Waals surface area contributed by atoms with Gasteiger partial charge in [0.2, 0.25) is 0 Å². The minimum Gasteiger partial charge on any atom is -0.371 e. The summed E-state index contributed by atoms with van der Waals surface area (Å²) >= 11 is 0. The molecule has 2 heteroatoms. The molecule has 0 N–H and O–H groups in total. The van der Waals surface area contributed by atoms with Crippen LogP contribution in [0.1, 0.15) is 12.5 Å². The van der Waals surface area contributed by atoms with Crippen molar-refractivity contribution in [2.24, 2.45) is 0 Å². The molecule has 1 aromatic carbocycles. The van der Waals surface area contributed by atoms with Crippen molar-refractivity contribution < 1.29 is 9.13 Å². The van der Waals surface area contributed by atoms with E-state index in [2.05, 4.69) is 0 Å². The summed E-state index contributed by atoms with van der Waals surface area (Å²) in [6, 6.07) is 6.58. The Kier molecular flexibility index (Phi) is 3.05. The fourth-order valence-corrected chi connectivity index (χ4v) is 0.789. The van der Waals surface area contributed by atoms with Crippen molar-refractivity contribution in [3.8, 4) is 0 Å². The molecule has 0 amide bonds. The second-order valence-electron chi connectivity index (χ2n) is 2.14. The van der Waals surface area contributed by atoms with Crippen molar-refractivity contribution in [2.75, 3.05) is 0 Å². The first-order valence-corrected chi connectivity index (χ1v) is 3.47. The molecule has 0 bridgehead atoms. The number of halogens is 1. The third kappa shape index (κ3) is 2.31. The van der Waals surface area contributed by atoms with Crippen molar-refractivity contribution in [1.29, 1.82) is 0 Å². The van der Waals surface area contributed by atoms with E-state index >= 15 is 0 Å². The van der Waals surface area contributed by atoms with Crippen LogP contribution in [0.5, 0.6) is 0 Å². The second kappa shape index (κ2) is 4.09. The Labute approximate surface area is 65.8 Å². The predicted octanol–water partition coefficient (Wildman–Crippen LogP) is 2.52. The largest absolute Gasteiger partial charge is 0.371 e. The van der Waals surface area contributed by atoms with Crippen LogP contribution in [0.25, 0.3) is 0 Å². The van der Waals surface area contributed by atoms with Crippen LogP contribution in [0, 0.1) is 12.4 Å². The van der Waals surface area contributed by atoms with E-state index in [-0.39, 0.29) is 5.82 Å². The topological polar surface area (TPSA) is 9.23 Å². The first kappa shape index (κ1) is 8.21. The monoisotopic (exact) mass is 153 g/mol. The summed E-state index contributed by atoms with van der Waals surface area (Å²) in [7, 11) is 0. The second-order valence-corrected chi connectivity index (χ2v) is 2.14. The lowest BCUT2D eigenvalue weighted by Gasteiger charge is -2.00. The Balaban J connectivity index is 2.62. The van der Waals surface area contributed by atoms with E-state index in [0.717, 1.165) is 0 Å². The molecule has 0 heterocycles. The molecule has 1 radical (unpaired) electrons. The molecule has 0 saturated heterocycles. The van der Waals surface area contributed by atoms with Crippen molar-refractivity contribution in [3.05, 3.63) is 42.3 Å². The van der Waals surface area contributed by atoms with Crippen LogP contribution in [0.2, 0.25) is 0 Å². The maximum absolute atomic E-state index is 12.8. The van der Waals surface area contributed by atoms with E-state index in [1.165, 1.54) is 6.07 Å². The van der Waals surface area contributed by atoms with Crippen molar-refractivity contribution in [2.45, 2.75) is 13.5 Å². The Morgan fingerprint density at radius 2 is 2.18 bits per heavy atom. The van der Waals surface area contributed by atoms with Gasteiger partial charge in [0.15, 0.2) is 0 Å². The summed E-state index contributed by atoms with van der Waals surface area (Å²) in [5.41, 5.74) is 0.589. The van der Waals surface area contributed by atoms with Gasteiger partial charge in [0.1, 0.15) is 5.82 Å². The van der Waals surface area contributed by atoms with Gasteiger partial charge in [-0.05, 0) is 13.0 Å². The van der Waals surface area contributed by atoms with Gasteiger partial charge >= 0.3 is 0 Å². The SMILES string of the molecule is C[CH]OCc1ccccc1F. The van der Waals surface area contributed by atoms with Crippen molar-refractivity contribution in [1.82, 2.24) is 0 Å². The highest BCUT2D eigenvalue weighted by Crippen LogP contribution is 2.07. The minimum absolute atomic E-state index is 0.214. The average Bonchev–Trinajstić information content (AvgIpc) is 2.03. The summed E-state index contributed by atoms with van der Waals surface area (Å²) in [6.07, 6.45) is 0. The molecule has 0 atom stereocenters. The van der Waals surface area contributed by atoms with E-state index in [4.69, 9.17) is 4.74 Å². The molecule has 11 heavy (non-hydrogen) atoms. The highest BCUT2D eigenvalue weighted by Gasteiger charge is 1.98. The lowest BCUT2D eigenvalue weighted by atomic mass is 10.2. The summed E-state index contributed by atoms with van der Waals surface area (Å²) in [5.74, 6) is -0.214. The predicted molar refractivity (Wildman–Crippen MR) is 41.2 cm³/mol. The average molecular weight is 153 g/mol. The van der Waals surface area contributed by atoms with Gasteiger partial charge in [-0.1, -0.05) is 18.2 Å². The number of ether oxygens (including phenoxy) is 1. The Hall–Kier alpha value is -0.890. The van der Waals surface area contributed by atoms with Crippen LogP contribution in [0.3, 0.4) is 0 Å². The van der Waals surface area contributed by atoms with Gasteiger partial charge in [-0.25, -0.2) is 4.39 Å². The van der Waals surface area contributed by atoms with Gasteiger partial charge < -0.3 is 4.74 Å². The molecule has 0 aromatic heterocycles. The van der Waals surface area contributed by atoms with Gasteiger partial charge in [0.05, 0.1) is 13.2 Å². The molecule has 1 nitrogen and oxygen atoms in total. The smallest absolute Gasteiger partial charge is 0.128 e. The van der Waals surface area contributed by atoms with Crippen LogP contribution in [0.15, 0.2) is 24.3 Å². The third-order valence-electron chi connectivity index (χ3n) is 1.36. The lowest BCUT2D eigenvalue weighted by Crippen LogP contribution is -1.91. The molecular weight excluding hydrogens is 143 g/mol. The highest BCUT2D eigenvalue weighted by atomic mass is 19.1. The molecule has 0 unspecified atom stereocenters. The molecule has 0 aliphatic rings. The summed E-state index contributed by atoms with van der Waals surface area (Å²) in [6.45, 7) is 3.62. The van der Waals surface area contributed by atoms with E-state index in [1.807, 2.05) is 0 Å². The summed E-state index contributed by atoms with van der Waals surface area (Å²) in [4.78, 5) is 0. The van der Waals surface area contributed by atoms with E-state index in [9.17, 15) is 4.39 Å². The quantitative estimate of drug-likeness (QED) is 0.648. The first-order valence-electron chi connectivity index (χ1n) is 3.47. The first-order chi connectivity index (χ1) is 5.34. The molecule has 0 spiro atoms. The Morgan fingerprint density at radius 1 is 1.45 bits per heavy atom. The van der Waals surface area contributed by atoms with Crippen LogP contribution >= 0.6 is 0 Å². The molecule has 0 saturated carbocycles. The van der Waals surface area contributed by atoms with E-state index in [0.29, 0.717) is 12.2 Å². The third-order valence-corrected chi connectivity index (χ3v) is 1.36. The zero-order valence-electron chi connectivity index (χ0n) is 6.38. The zero-order valence-corrected chi connectivity index (χ0v) is 6.38. The van der Waals surface area contributed by atoms with Crippen LogP contribution < -0.4 is 0 Å². The van der Waals surface area contributed by atoms with Crippen LogP contribution in [-0.4, -0.2) is 0 Å². The zero-order chi connectivity index (χ0) is 8.10. The number of benzene rings is 1. The summed E-state index contributed by atoms with van der Waals surface area (Å²) < 4.78 is 17.8. The van der Waals surface area contributed by atoms with Gasteiger partial charge in [0, 0.05) is 5.56 Å². The molecule has 0 aliphatic heterocycles. The molecule has 0 aliphatic carbocycles. The van der Waals surface area contributed by atoms with Gasteiger partial charge in [-0.2, -0.15) is 0 Å². The standard InChI is InChI=1S/C9H10FO/c1-2-11-7-8-5-3-4-6-9(8)10/h2-6H,7H2,1H3. The van der Waals surface area contributed by atoms with Gasteiger partial charge in [-0.15, -0.1) is 0 Å².